The third-order valence-corrected chi connectivity index (χ3v) is 4.50. The number of hydrazine groups is 1. The SMILES string of the molecule is Fc1c[c]c(/C=C2\SC(N3CCCCN3)=NC2=S)cc1. The van der Waals surface area contributed by atoms with Crippen LogP contribution >= 0.6 is 24.0 Å². The van der Waals surface area contributed by atoms with Crippen molar-refractivity contribution in [3.8, 4) is 0 Å². The van der Waals surface area contributed by atoms with E-state index < -0.39 is 0 Å². The highest BCUT2D eigenvalue weighted by Gasteiger charge is 2.24. The Bertz CT molecular complexity index is 575. The molecule has 1 aromatic rings. The highest BCUT2D eigenvalue weighted by atomic mass is 32.2. The number of nitrogens with one attached hydrogen (secondary N) is 1. The Labute approximate surface area is 126 Å². The van der Waals surface area contributed by atoms with Crippen molar-refractivity contribution in [2.24, 2.45) is 4.99 Å². The molecule has 0 spiro atoms. The summed E-state index contributed by atoms with van der Waals surface area (Å²) in [5.74, 6) is -0.289. The number of hydrogen-bond donors (Lipinski definition) is 1. The van der Waals surface area contributed by atoms with E-state index in [-0.39, 0.29) is 5.82 Å². The van der Waals surface area contributed by atoms with Gasteiger partial charge in [0.25, 0.3) is 0 Å². The molecule has 0 aromatic heterocycles. The summed E-state index contributed by atoms with van der Waals surface area (Å²) in [6.07, 6.45) is 4.24. The normalized spacial score (nSPS) is 21.4. The molecular formula is C14H13FN3S2. The second-order valence-corrected chi connectivity index (χ2v) is 5.94. The number of thiocarbonyl (C=S) groups is 1. The first-order valence-corrected chi connectivity index (χ1v) is 7.66. The van der Waals surface area contributed by atoms with E-state index in [1.807, 2.05) is 6.08 Å². The average Bonchev–Trinajstić information content (AvgIpc) is 2.84. The highest BCUT2D eigenvalue weighted by Crippen LogP contribution is 2.31. The topological polar surface area (TPSA) is 27.6 Å². The van der Waals surface area contributed by atoms with Crippen molar-refractivity contribution in [3.05, 3.63) is 40.6 Å². The van der Waals surface area contributed by atoms with Crippen LogP contribution in [0.5, 0.6) is 0 Å². The van der Waals surface area contributed by atoms with Crippen molar-refractivity contribution in [3.63, 3.8) is 0 Å². The first-order chi connectivity index (χ1) is 9.72. The summed E-state index contributed by atoms with van der Waals surface area (Å²) in [6, 6.07) is 7.30. The maximum absolute atomic E-state index is 12.9. The summed E-state index contributed by atoms with van der Waals surface area (Å²) in [5, 5.41) is 2.94. The molecule has 103 valence electrons. The van der Waals surface area contributed by atoms with Crippen LogP contribution in [0, 0.1) is 11.9 Å². The number of amidine groups is 1. The summed E-state index contributed by atoms with van der Waals surface area (Å²) >= 11 is 6.84. The van der Waals surface area contributed by atoms with Crippen molar-refractivity contribution in [2.45, 2.75) is 12.8 Å². The van der Waals surface area contributed by atoms with Gasteiger partial charge in [-0.15, -0.1) is 0 Å². The number of benzene rings is 1. The fourth-order valence-corrected chi connectivity index (χ4v) is 3.26. The standard InChI is InChI=1S/C14H13FN3S2/c15-11-5-3-10(4-6-11)9-12-13(19)17-14(20-12)18-8-2-1-7-16-18/h3,5-6,9,16H,1-2,7-8H2/b12-9-. The van der Waals surface area contributed by atoms with Crippen LogP contribution in [-0.4, -0.2) is 28.3 Å². The first kappa shape index (κ1) is 13.7. The van der Waals surface area contributed by atoms with E-state index in [0.717, 1.165) is 35.1 Å². The van der Waals surface area contributed by atoms with Gasteiger partial charge in [0.15, 0.2) is 5.17 Å². The van der Waals surface area contributed by atoms with Gasteiger partial charge in [-0.05, 0) is 54.4 Å². The minimum Gasteiger partial charge on any atom is -0.286 e. The van der Waals surface area contributed by atoms with E-state index in [0.29, 0.717) is 4.99 Å². The summed E-state index contributed by atoms with van der Waals surface area (Å²) in [7, 11) is 0. The third kappa shape index (κ3) is 3.08. The molecule has 2 heterocycles. The van der Waals surface area contributed by atoms with Crippen molar-refractivity contribution in [2.75, 3.05) is 13.1 Å². The van der Waals surface area contributed by atoms with Gasteiger partial charge in [0.05, 0.1) is 4.91 Å². The van der Waals surface area contributed by atoms with Gasteiger partial charge in [-0.2, -0.15) is 0 Å². The molecule has 0 aliphatic carbocycles. The van der Waals surface area contributed by atoms with Gasteiger partial charge in [0, 0.05) is 13.1 Å². The molecule has 1 aromatic carbocycles. The summed E-state index contributed by atoms with van der Waals surface area (Å²) in [6.45, 7) is 1.92. The lowest BCUT2D eigenvalue weighted by Gasteiger charge is -2.28. The smallest absolute Gasteiger partial charge is 0.184 e. The molecule has 0 saturated carbocycles. The zero-order valence-corrected chi connectivity index (χ0v) is 12.4. The zero-order valence-electron chi connectivity index (χ0n) is 10.7. The summed E-state index contributed by atoms with van der Waals surface area (Å²) in [4.78, 5) is 5.91. The lowest BCUT2D eigenvalue weighted by atomic mass is 10.2. The van der Waals surface area contributed by atoms with E-state index in [2.05, 4.69) is 21.5 Å². The average molecular weight is 306 g/mol. The number of thioether (sulfide) groups is 1. The fraction of sp³-hybridized carbons (Fsp3) is 0.286. The maximum atomic E-state index is 12.9. The maximum Gasteiger partial charge on any atom is 0.184 e. The second kappa shape index (κ2) is 6.03. The fourth-order valence-electron chi connectivity index (χ4n) is 2.01. The molecule has 1 radical (unpaired) electrons. The van der Waals surface area contributed by atoms with Crippen LogP contribution in [0.15, 0.2) is 28.1 Å². The lowest BCUT2D eigenvalue weighted by molar-refractivity contribution is 0.262. The predicted octanol–water partition coefficient (Wildman–Crippen LogP) is 3.00. The number of rotatable bonds is 1. The zero-order chi connectivity index (χ0) is 13.9. The van der Waals surface area contributed by atoms with Gasteiger partial charge < -0.3 is 0 Å². The number of halogens is 1. The largest absolute Gasteiger partial charge is 0.286 e. The van der Waals surface area contributed by atoms with Crippen LogP contribution < -0.4 is 5.43 Å². The quantitative estimate of drug-likeness (QED) is 0.637. The molecule has 20 heavy (non-hydrogen) atoms. The Balaban J connectivity index is 1.74. The van der Waals surface area contributed by atoms with E-state index in [1.54, 1.807) is 17.8 Å². The van der Waals surface area contributed by atoms with Gasteiger partial charge in [-0.1, -0.05) is 18.3 Å². The van der Waals surface area contributed by atoms with Gasteiger partial charge in [0.1, 0.15) is 10.8 Å². The minimum atomic E-state index is -0.289. The van der Waals surface area contributed by atoms with Crippen molar-refractivity contribution >= 4 is 40.2 Å². The van der Waals surface area contributed by atoms with Crippen LogP contribution in [-0.2, 0) is 0 Å². The molecule has 1 fully saturated rings. The molecule has 2 aliphatic heterocycles. The van der Waals surface area contributed by atoms with E-state index in [4.69, 9.17) is 12.2 Å². The first-order valence-electron chi connectivity index (χ1n) is 6.43. The Kier molecular flexibility index (Phi) is 4.14. The van der Waals surface area contributed by atoms with Crippen LogP contribution in [0.25, 0.3) is 6.08 Å². The molecule has 0 atom stereocenters. The number of aliphatic imine (C=N–C) groups is 1. The van der Waals surface area contributed by atoms with Gasteiger partial charge in [-0.25, -0.2) is 14.8 Å². The molecular weight excluding hydrogens is 293 g/mol. The van der Waals surface area contributed by atoms with Gasteiger partial charge >= 0.3 is 0 Å². The highest BCUT2D eigenvalue weighted by molar-refractivity contribution is 8.19. The Hall–Kier alpha value is -1.24. The summed E-state index contributed by atoms with van der Waals surface area (Å²) < 4.78 is 12.9. The molecule has 6 heteroatoms. The molecule has 2 aliphatic rings. The van der Waals surface area contributed by atoms with Gasteiger partial charge in [-0.3, -0.25) is 5.01 Å². The Morgan fingerprint density at radius 2 is 2.35 bits per heavy atom. The van der Waals surface area contributed by atoms with E-state index in [1.165, 1.54) is 18.6 Å². The third-order valence-electron chi connectivity index (χ3n) is 3.04. The Morgan fingerprint density at radius 1 is 1.45 bits per heavy atom. The molecule has 1 saturated heterocycles. The molecule has 0 bridgehead atoms. The van der Waals surface area contributed by atoms with Crippen molar-refractivity contribution < 1.29 is 4.39 Å². The molecule has 3 nitrogen and oxygen atoms in total. The minimum absolute atomic E-state index is 0.289. The van der Waals surface area contributed by atoms with Crippen molar-refractivity contribution in [1.82, 2.24) is 10.4 Å². The summed E-state index contributed by atoms with van der Waals surface area (Å²) in [5.41, 5.74) is 4.12. The Morgan fingerprint density at radius 3 is 3.05 bits per heavy atom. The molecule has 1 N–H and O–H groups in total. The van der Waals surface area contributed by atoms with Gasteiger partial charge in [0.2, 0.25) is 0 Å². The predicted molar refractivity (Wildman–Crippen MR) is 84.8 cm³/mol. The molecule has 0 amide bonds. The number of nitrogens with zero attached hydrogens (tertiary/aromatic N) is 2. The van der Waals surface area contributed by atoms with E-state index in [9.17, 15) is 4.39 Å². The lowest BCUT2D eigenvalue weighted by Crippen LogP contribution is -2.45. The van der Waals surface area contributed by atoms with E-state index >= 15 is 0 Å². The monoisotopic (exact) mass is 306 g/mol. The molecule has 3 rings (SSSR count). The number of hydrogen-bond acceptors (Lipinski definition) is 4. The van der Waals surface area contributed by atoms with Crippen molar-refractivity contribution in [1.29, 1.82) is 0 Å². The van der Waals surface area contributed by atoms with Crippen LogP contribution in [0.3, 0.4) is 0 Å². The van der Waals surface area contributed by atoms with Crippen LogP contribution in [0.2, 0.25) is 0 Å². The van der Waals surface area contributed by atoms with Crippen LogP contribution in [0.1, 0.15) is 18.4 Å². The van der Waals surface area contributed by atoms with Crippen LogP contribution in [0.4, 0.5) is 4.39 Å². The second-order valence-electron chi connectivity index (χ2n) is 4.54. The molecule has 0 unspecified atom stereocenters.